The highest BCUT2D eigenvalue weighted by Gasteiger charge is 2.13. The molecule has 0 unspecified atom stereocenters. The van der Waals surface area contributed by atoms with Crippen LogP contribution in [0.4, 0.5) is 0 Å². The van der Waals surface area contributed by atoms with Crippen LogP contribution in [0.25, 0.3) is 0 Å². The van der Waals surface area contributed by atoms with Crippen molar-refractivity contribution in [2.45, 2.75) is 39.7 Å². The first kappa shape index (κ1) is 13.1. The normalized spacial score (nSPS) is 11.2. The van der Waals surface area contributed by atoms with Crippen molar-refractivity contribution in [3.8, 4) is 0 Å². The monoisotopic (exact) mass is 263 g/mol. The van der Waals surface area contributed by atoms with E-state index in [0.717, 1.165) is 18.8 Å². The molecule has 3 nitrogen and oxygen atoms in total. The fourth-order valence-electron chi connectivity index (χ4n) is 2.05. The van der Waals surface area contributed by atoms with Crippen molar-refractivity contribution in [1.82, 2.24) is 14.8 Å². The number of halogens is 1. The summed E-state index contributed by atoms with van der Waals surface area (Å²) in [5.41, 5.74) is 2.66. The van der Waals surface area contributed by atoms with E-state index in [9.17, 15) is 0 Å². The third-order valence-electron chi connectivity index (χ3n) is 3.12. The molecule has 0 spiro atoms. The summed E-state index contributed by atoms with van der Waals surface area (Å²) in [5.74, 6) is 1.29. The van der Waals surface area contributed by atoms with Crippen LogP contribution in [-0.4, -0.2) is 14.8 Å². The van der Waals surface area contributed by atoms with Crippen LogP contribution in [-0.2, 0) is 13.0 Å². The lowest BCUT2D eigenvalue weighted by Gasteiger charge is -2.11. The minimum atomic E-state index is 0.335. The molecular weight excluding hydrogens is 246 g/mol. The number of hydrogen-bond donors (Lipinski definition) is 0. The molecule has 18 heavy (non-hydrogen) atoms. The van der Waals surface area contributed by atoms with Gasteiger partial charge in [-0.1, -0.05) is 38.1 Å². The summed E-state index contributed by atoms with van der Waals surface area (Å²) < 4.78 is 2.00. The topological polar surface area (TPSA) is 30.7 Å². The summed E-state index contributed by atoms with van der Waals surface area (Å²) in [6.07, 6.45) is 0.949. The predicted molar refractivity (Wildman–Crippen MR) is 74.0 cm³/mol. The van der Waals surface area contributed by atoms with Gasteiger partial charge in [-0.3, -0.25) is 0 Å². The number of aryl methyl sites for hydroxylation is 2. The van der Waals surface area contributed by atoms with E-state index in [2.05, 4.69) is 55.2 Å². The molecular formula is C14H18ClN3. The second kappa shape index (κ2) is 5.53. The molecule has 0 radical (unpaired) electrons. The zero-order valence-corrected chi connectivity index (χ0v) is 11.8. The van der Waals surface area contributed by atoms with E-state index < -0.39 is 0 Å². The molecule has 0 bridgehead atoms. The number of hydrogen-bond acceptors (Lipinski definition) is 2. The van der Waals surface area contributed by atoms with Crippen LogP contribution < -0.4 is 0 Å². The highest BCUT2D eigenvalue weighted by atomic mass is 35.5. The Labute approximate surface area is 113 Å². The van der Waals surface area contributed by atoms with Crippen molar-refractivity contribution in [3.63, 3.8) is 0 Å². The maximum absolute atomic E-state index is 6.08. The number of rotatable bonds is 4. The van der Waals surface area contributed by atoms with E-state index in [1.54, 1.807) is 0 Å². The van der Waals surface area contributed by atoms with Gasteiger partial charge in [-0.25, -0.2) is 0 Å². The molecule has 1 aromatic heterocycles. The van der Waals surface area contributed by atoms with Crippen LogP contribution >= 0.6 is 11.6 Å². The SMILES string of the molecule is Cc1ccccc1CCn1c(Cl)nnc1C(C)C. The number of nitrogens with zero attached hydrogens (tertiary/aromatic N) is 3. The molecule has 0 aliphatic rings. The summed E-state index contributed by atoms with van der Waals surface area (Å²) in [4.78, 5) is 0. The van der Waals surface area contributed by atoms with E-state index in [4.69, 9.17) is 11.6 Å². The van der Waals surface area contributed by atoms with Crippen molar-refractivity contribution >= 4 is 11.6 Å². The maximum Gasteiger partial charge on any atom is 0.225 e. The lowest BCUT2D eigenvalue weighted by atomic mass is 10.1. The van der Waals surface area contributed by atoms with Crippen LogP contribution in [0.3, 0.4) is 0 Å². The second-order valence-corrected chi connectivity index (χ2v) is 5.15. The number of aromatic nitrogens is 3. The summed E-state index contributed by atoms with van der Waals surface area (Å²) in [6, 6.07) is 8.42. The molecule has 2 rings (SSSR count). The molecule has 0 fully saturated rings. The van der Waals surface area contributed by atoms with Crippen LogP contribution in [0.5, 0.6) is 0 Å². The van der Waals surface area contributed by atoms with Crippen LogP contribution in [0, 0.1) is 6.92 Å². The van der Waals surface area contributed by atoms with Gasteiger partial charge >= 0.3 is 0 Å². The molecule has 0 aliphatic carbocycles. The molecule has 1 heterocycles. The Kier molecular flexibility index (Phi) is 4.02. The molecule has 0 amide bonds. The van der Waals surface area contributed by atoms with Crippen molar-refractivity contribution in [3.05, 3.63) is 46.5 Å². The molecule has 0 N–H and O–H groups in total. The predicted octanol–water partition coefficient (Wildman–Crippen LogP) is 3.61. The van der Waals surface area contributed by atoms with E-state index in [1.807, 2.05) is 4.57 Å². The van der Waals surface area contributed by atoms with Gasteiger partial charge in [0.1, 0.15) is 5.82 Å². The Morgan fingerprint density at radius 2 is 1.94 bits per heavy atom. The van der Waals surface area contributed by atoms with Crippen molar-refractivity contribution in [2.24, 2.45) is 0 Å². The molecule has 96 valence electrons. The minimum absolute atomic E-state index is 0.335. The molecule has 0 atom stereocenters. The average Bonchev–Trinajstić information content (AvgIpc) is 2.70. The van der Waals surface area contributed by atoms with Crippen LogP contribution in [0.1, 0.15) is 36.7 Å². The third kappa shape index (κ3) is 2.72. The highest BCUT2D eigenvalue weighted by Crippen LogP contribution is 2.18. The van der Waals surface area contributed by atoms with E-state index in [1.165, 1.54) is 11.1 Å². The summed E-state index contributed by atoms with van der Waals surface area (Å²) in [7, 11) is 0. The zero-order chi connectivity index (χ0) is 13.1. The molecule has 0 saturated carbocycles. The Bertz CT molecular complexity index is 532. The van der Waals surface area contributed by atoms with Gasteiger partial charge in [-0.05, 0) is 36.1 Å². The minimum Gasteiger partial charge on any atom is -0.301 e. The molecule has 0 aliphatic heterocycles. The fraction of sp³-hybridized carbons (Fsp3) is 0.429. The van der Waals surface area contributed by atoms with E-state index >= 15 is 0 Å². The third-order valence-corrected chi connectivity index (χ3v) is 3.40. The van der Waals surface area contributed by atoms with Gasteiger partial charge in [0.25, 0.3) is 0 Å². The Morgan fingerprint density at radius 3 is 2.61 bits per heavy atom. The smallest absolute Gasteiger partial charge is 0.225 e. The van der Waals surface area contributed by atoms with Gasteiger partial charge in [0.15, 0.2) is 0 Å². The van der Waals surface area contributed by atoms with Gasteiger partial charge in [0, 0.05) is 12.5 Å². The van der Waals surface area contributed by atoms with E-state index in [-0.39, 0.29) is 0 Å². The molecule has 1 aromatic carbocycles. The standard InChI is InChI=1S/C14H18ClN3/c1-10(2)13-16-17-14(15)18(13)9-8-12-7-5-4-6-11(12)3/h4-7,10H,8-9H2,1-3H3. The zero-order valence-electron chi connectivity index (χ0n) is 11.0. The Morgan fingerprint density at radius 1 is 1.22 bits per heavy atom. The molecule has 0 saturated heterocycles. The largest absolute Gasteiger partial charge is 0.301 e. The highest BCUT2D eigenvalue weighted by molar-refractivity contribution is 6.28. The second-order valence-electron chi connectivity index (χ2n) is 4.81. The van der Waals surface area contributed by atoms with Crippen LogP contribution in [0.15, 0.2) is 24.3 Å². The first-order chi connectivity index (χ1) is 8.59. The fourth-order valence-corrected chi connectivity index (χ4v) is 2.26. The number of benzene rings is 1. The first-order valence-electron chi connectivity index (χ1n) is 6.22. The van der Waals surface area contributed by atoms with Gasteiger partial charge < -0.3 is 4.57 Å². The lowest BCUT2D eigenvalue weighted by molar-refractivity contribution is 0.619. The maximum atomic E-state index is 6.08. The van der Waals surface area contributed by atoms with Crippen LogP contribution in [0.2, 0.25) is 5.28 Å². The Balaban J connectivity index is 2.16. The first-order valence-corrected chi connectivity index (χ1v) is 6.60. The molecule has 4 heteroatoms. The van der Waals surface area contributed by atoms with Gasteiger partial charge in [-0.2, -0.15) is 0 Å². The van der Waals surface area contributed by atoms with Crippen molar-refractivity contribution in [1.29, 1.82) is 0 Å². The van der Waals surface area contributed by atoms with Gasteiger partial charge in [0.2, 0.25) is 5.28 Å². The van der Waals surface area contributed by atoms with Crippen molar-refractivity contribution in [2.75, 3.05) is 0 Å². The average molecular weight is 264 g/mol. The molecule has 2 aromatic rings. The Hall–Kier alpha value is -1.35. The summed E-state index contributed by atoms with van der Waals surface area (Å²) in [6.45, 7) is 7.16. The quantitative estimate of drug-likeness (QED) is 0.844. The summed E-state index contributed by atoms with van der Waals surface area (Å²) >= 11 is 6.08. The lowest BCUT2D eigenvalue weighted by Crippen LogP contribution is -2.08. The van der Waals surface area contributed by atoms with Gasteiger partial charge in [0.05, 0.1) is 0 Å². The van der Waals surface area contributed by atoms with E-state index in [0.29, 0.717) is 11.2 Å². The van der Waals surface area contributed by atoms with Crippen molar-refractivity contribution < 1.29 is 0 Å². The van der Waals surface area contributed by atoms with Gasteiger partial charge in [-0.15, -0.1) is 10.2 Å². The summed E-state index contributed by atoms with van der Waals surface area (Å²) in [5, 5.41) is 8.56.